The molecule has 1 heterocycles. The maximum absolute atomic E-state index is 11.2. The van der Waals surface area contributed by atoms with Gasteiger partial charge in [-0.1, -0.05) is 0 Å². The number of anilines is 2. The Kier molecular flexibility index (Phi) is 4.67. The first-order chi connectivity index (χ1) is 10.6. The fourth-order valence-corrected chi connectivity index (χ4v) is 1.97. The number of ether oxygens (including phenoxy) is 3. The van der Waals surface area contributed by atoms with E-state index in [1.54, 1.807) is 18.2 Å². The molecule has 7 heteroatoms. The lowest BCUT2D eigenvalue weighted by Gasteiger charge is -2.15. The first kappa shape index (κ1) is 15.4. The number of carboxylic acid groups (broad SMARTS) is 1. The highest BCUT2D eigenvalue weighted by Crippen LogP contribution is 2.40. The number of nitrogens with one attached hydrogen (secondary N) is 1. The molecule has 0 amide bonds. The first-order valence-electron chi connectivity index (χ1n) is 6.36. The Bertz CT molecular complexity index is 662. The second kappa shape index (κ2) is 6.66. The fraction of sp³-hybridized carbons (Fsp3) is 0.200. The number of hydrogen-bond donors (Lipinski definition) is 2. The number of carboxylic acids is 1. The molecular formula is C15H16N2O5. The predicted octanol–water partition coefficient (Wildman–Crippen LogP) is 2.55. The second-order valence-electron chi connectivity index (χ2n) is 4.24. The van der Waals surface area contributed by atoms with Crippen LogP contribution in [0.15, 0.2) is 30.5 Å². The van der Waals surface area contributed by atoms with Crippen molar-refractivity contribution in [1.82, 2.24) is 4.98 Å². The van der Waals surface area contributed by atoms with Crippen LogP contribution in [-0.2, 0) is 0 Å². The van der Waals surface area contributed by atoms with Crippen molar-refractivity contribution in [3.05, 3.63) is 36.0 Å². The molecule has 0 saturated carbocycles. The highest BCUT2D eigenvalue weighted by molar-refractivity contribution is 5.94. The van der Waals surface area contributed by atoms with E-state index in [0.717, 1.165) is 0 Å². The number of aromatic carboxylic acids is 1. The van der Waals surface area contributed by atoms with Gasteiger partial charge in [-0.15, -0.1) is 0 Å². The molecule has 0 radical (unpaired) electrons. The topological polar surface area (TPSA) is 89.9 Å². The Morgan fingerprint density at radius 1 is 1.14 bits per heavy atom. The quantitative estimate of drug-likeness (QED) is 0.847. The number of carbonyl (C=O) groups is 1. The van der Waals surface area contributed by atoms with Gasteiger partial charge in [0, 0.05) is 24.0 Å². The average molecular weight is 304 g/mol. The minimum atomic E-state index is -1.07. The normalized spacial score (nSPS) is 9.95. The SMILES string of the molecule is COc1cc(Nc2ncccc2C(=O)O)cc(OC)c1OC. The molecule has 0 fully saturated rings. The first-order valence-corrected chi connectivity index (χ1v) is 6.36. The van der Waals surface area contributed by atoms with Gasteiger partial charge in [0.25, 0.3) is 0 Å². The highest BCUT2D eigenvalue weighted by atomic mass is 16.5. The molecule has 0 aliphatic heterocycles. The molecule has 2 aromatic rings. The van der Waals surface area contributed by atoms with Gasteiger partial charge in [-0.05, 0) is 12.1 Å². The summed E-state index contributed by atoms with van der Waals surface area (Å²) in [6.45, 7) is 0. The van der Waals surface area contributed by atoms with E-state index in [0.29, 0.717) is 22.9 Å². The van der Waals surface area contributed by atoms with Gasteiger partial charge in [0.15, 0.2) is 11.5 Å². The number of hydrogen-bond acceptors (Lipinski definition) is 6. The summed E-state index contributed by atoms with van der Waals surface area (Å²) >= 11 is 0. The number of pyridine rings is 1. The third-order valence-electron chi connectivity index (χ3n) is 2.97. The van der Waals surface area contributed by atoms with Crippen LogP contribution in [0.25, 0.3) is 0 Å². The lowest BCUT2D eigenvalue weighted by Crippen LogP contribution is -2.05. The zero-order valence-electron chi connectivity index (χ0n) is 12.4. The fourth-order valence-electron chi connectivity index (χ4n) is 1.97. The second-order valence-corrected chi connectivity index (χ2v) is 4.24. The van der Waals surface area contributed by atoms with Crippen LogP contribution in [0.2, 0.25) is 0 Å². The van der Waals surface area contributed by atoms with E-state index in [4.69, 9.17) is 14.2 Å². The molecule has 2 rings (SSSR count). The smallest absolute Gasteiger partial charge is 0.339 e. The van der Waals surface area contributed by atoms with Gasteiger partial charge < -0.3 is 24.6 Å². The van der Waals surface area contributed by atoms with E-state index < -0.39 is 5.97 Å². The molecule has 0 aliphatic carbocycles. The number of benzene rings is 1. The molecule has 0 unspecified atom stereocenters. The molecule has 1 aromatic carbocycles. The van der Waals surface area contributed by atoms with Crippen LogP contribution in [0.4, 0.5) is 11.5 Å². The lowest BCUT2D eigenvalue weighted by molar-refractivity contribution is 0.0697. The van der Waals surface area contributed by atoms with E-state index in [9.17, 15) is 9.90 Å². The third-order valence-corrected chi connectivity index (χ3v) is 2.97. The van der Waals surface area contributed by atoms with Gasteiger partial charge in [-0.2, -0.15) is 0 Å². The van der Waals surface area contributed by atoms with Gasteiger partial charge in [0.2, 0.25) is 5.75 Å². The summed E-state index contributed by atoms with van der Waals surface area (Å²) in [7, 11) is 4.52. The van der Waals surface area contributed by atoms with Gasteiger partial charge in [0.1, 0.15) is 11.4 Å². The van der Waals surface area contributed by atoms with Crippen molar-refractivity contribution >= 4 is 17.5 Å². The van der Waals surface area contributed by atoms with Crippen molar-refractivity contribution in [2.45, 2.75) is 0 Å². The predicted molar refractivity (Wildman–Crippen MR) is 80.6 cm³/mol. The Balaban J connectivity index is 2.44. The molecular weight excluding hydrogens is 288 g/mol. The Hall–Kier alpha value is -2.96. The van der Waals surface area contributed by atoms with Gasteiger partial charge in [-0.25, -0.2) is 9.78 Å². The van der Waals surface area contributed by atoms with Crippen molar-refractivity contribution in [3.63, 3.8) is 0 Å². The minimum absolute atomic E-state index is 0.0660. The molecule has 2 N–H and O–H groups in total. The largest absolute Gasteiger partial charge is 0.493 e. The van der Waals surface area contributed by atoms with E-state index >= 15 is 0 Å². The van der Waals surface area contributed by atoms with E-state index in [1.807, 2.05) is 0 Å². The summed E-state index contributed by atoms with van der Waals surface area (Å²) in [5.41, 5.74) is 0.631. The lowest BCUT2D eigenvalue weighted by atomic mass is 10.2. The van der Waals surface area contributed by atoms with Gasteiger partial charge in [-0.3, -0.25) is 0 Å². The molecule has 116 valence electrons. The summed E-state index contributed by atoms with van der Waals surface area (Å²) in [6.07, 6.45) is 1.51. The van der Waals surface area contributed by atoms with Gasteiger partial charge >= 0.3 is 5.97 Å². The van der Waals surface area contributed by atoms with E-state index in [2.05, 4.69) is 10.3 Å². The van der Waals surface area contributed by atoms with Crippen LogP contribution in [0.5, 0.6) is 17.2 Å². The summed E-state index contributed by atoms with van der Waals surface area (Å²) in [5.74, 6) is 0.525. The van der Waals surface area contributed by atoms with Crippen molar-refractivity contribution < 1.29 is 24.1 Å². The van der Waals surface area contributed by atoms with Crippen molar-refractivity contribution in [1.29, 1.82) is 0 Å². The van der Waals surface area contributed by atoms with Crippen molar-refractivity contribution in [3.8, 4) is 17.2 Å². The minimum Gasteiger partial charge on any atom is -0.493 e. The molecule has 0 aliphatic rings. The Morgan fingerprint density at radius 2 is 1.77 bits per heavy atom. The van der Waals surface area contributed by atoms with Crippen LogP contribution in [0.1, 0.15) is 10.4 Å². The highest BCUT2D eigenvalue weighted by Gasteiger charge is 2.15. The zero-order chi connectivity index (χ0) is 16.1. The number of methoxy groups -OCH3 is 3. The monoisotopic (exact) mass is 304 g/mol. The van der Waals surface area contributed by atoms with Crippen molar-refractivity contribution in [2.24, 2.45) is 0 Å². The van der Waals surface area contributed by atoms with E-state index in [1.165, 1.54) is 33.6 Å². The van der Waals surface area contributed by atoms with E-state index in [-0.39, 0.29) is 11.4 Å². The zero-order valence-corrected chi connectivity index (χ0v) is 12.4. The van der Waals surface area contributed by atoms with Crippen molar-refractivity contribution in [2.75, 3.05) is 26.6 Å². The summed E-state index contributed by atoms with van der Waals surface area (Å²) in [5, 5.41) is 12.1. The van der Waals surface area contributed by atoms with Crippen LogP contribution >= 0.6 is 0 Å². The van der Waals surface area contributed by atoms with Crippen LogP contribution in [-0.4, -0.2) is 37.4 Å². The number of rotatable bonds is 6. The maximum Gasteiger partial charge on any atom is 0.339 e. The Labute approximate surface area is 127 Å². The van der Waals surface area contributed by atoms with Gasteiger partial charge in [0.05, 0.1) is 21.3 Å². The number of aromatic nitrogens is 1. The third kappa shape index (κ3) is 3.03. The van der Waals surface area contributed by atoms with Crippen LogP contribution in [0.3, 0.4) is 0 Å². The molecule has 0 atom stereocenters. The summed E-state index contributed by atoms with van der Waals surface area (Å²) in [4.78, 5) is 15.3. The summed E-state index contributed by atoms with van der Waals surface area (Å²) in [6, 6.07) is 6.36. The molecule has 0 bridgehead atoms. The molecule has 0 saturated heterocycles. The molecule has 22 heavy (non-hydrogen) atoms. The number of nitrogens with zero attached hydrogens (tertiary/aromatic N) is 1. The molecule has 0 spiro atoms. The standard InChI is InChI=1S/C15H16N2O5/c1-20-11-7-9(8-12(21-2)13(11)22-3)17-14-10(15(18)19)5-4-6-16-14/h4-8H,1-3H3,(H,16,17)(H,18,19). The molecule has 7 nitrogen and oxygen atoms in total. The Morgan fingerprint density at radius 3 is 2.27 bits per heavy atom. The van der Waals surface area contributed by atoms with Crippen LogP contribution in [0, 0.1) is 0 Å². The molecule has 1 aromatic heterocycles. The van der Waals surface area contributed by atoms with Crippen LogP contribution < -0.4 is 19.5 Å². The summed E-state index contributed by atoms with van der Waals surface area (Å²) < 4.78 is 15.7. The maximum atomic E-state index is 11.2. The average Bonchev–Trinajstić information content (AvgIpc) is 2.54.